The number of halogens is 5. The first kappa shape index (κ1) is 18.2. The zero-order valence-electron chi connectivity index (χ0n) is 13.3. The van der Waals surface area contributed by atoms with Crippen molar-refractivity contribution in [3.8, 4) is 5.75 Å². The van der Waals surface area contributed by atoms with Crippen LogP contribution in [0.25, 0.3) is 0 Å². The molecule has 26 heavy (non-hydrogen) atoms. The summed E-state index contributed by atoms with van der Waals surface area (Å²) < 4.78 is 67.5. The van der Waals surface area contributed by atoms with Crippen LogP contribution < -0.4 is 10.1 Å². The van der Waals surface area contributed by atoms with Crippen molar-refractivity contribution in [1.29, 1.82) is 0 Å². The summed E-state index contributed by atoms with van der Waals surface area (Å²) in [6.07, 6.45) is -4.05. The van der Waals surface area contributed by atoms with Crippen molar-refractivity contribution in [3.63, 3.8) is 0 Å². The molecule has 1 amide bonds. The topological polar surface area (TPSA) is 38.3 Å². The predicted octanol–water partition coefficient (Wildman–Crippen LogP) is 4.59. The summed E-state index contributed by atoms with van der Waals surface area (Å²) in [5.41, 5.74) is -0.615. The maximum Gasteiger partial charge on any atom is 0.417 e. The van der Waals surface area contributed by atoms with Crippen molar-refractivity contribution >= 4 is 5.91 Å². The smallest absolute Gasteiger partial charge is 0.417 e. The Balaban J connectivity index is 1.65. The first-order chi connectivity index (χ1) is 12.3. The van der Waals surface area contributed by atoms with E-state index in [0.717, 1.165) is 17.7 Å². The van der Waals surface area contributed by atoms with Crippen molar-refractivity contribution in [2.45, 2.75) is 31.2 Å². The highest BCUT2D eigenvalue weighted by Crippen LogP contribution is 2.41. The molecule has 0 saturated heterocycles. The van der Waals surface area contributed by atoms with Crippen LogP contribution in [0.3, 0.4) is 0 Å². The Kier molecular flexibility index (Phi) is 4.84. The van der Waals surface area contributed by atoms with E-state index in [-0.39, 0.29) is 17.7 Å². The molecule has 0 aliphatic heterocycles. The van der Waals surface area contributed by atoms with E-state index in [1.54, 1.807) is 12.1 Å². The highest BCUT2D eigenvalue weighted by Gasteiger charge is 2.41. The molecule has 1 aliphatic carbocycles. The molecule has 2 atom stereocenters. The summed E-state index contributed by atoms with van der Waals surface area (Å²) in [7, 11) is 0. The fourth-order valence-corrected chi connectivity index (χ4v) is 2.79. The van der Waals surface area contributed by atoms with E-state index in [1.807, 2.05) is 0 Å². The maximum atomic E-state index is 13.0. The molecular weight excluding hydrogens is 357 g/mol. The molecule has 3 rings (SSSR count). The Bertz CT molecular complexity index is 789. The number of amides is 1. The predicted molar refractivity (Wildman–Crippen MR) is 83.1 cm³/mol. The zero-order valence-corrected chi connectivity index (χ0v) is 13.3. The summed E-state index contributed by atoms with van der Waals surface area (Å²) in [5, 5.41) is 2.59. The normalized spacial score (nSPS) is 19.3. The molecule has 1 fully saturated rings. The molecule has 0 spiro atoms. The average Bonchev–Trinajstić information content (AvgIpc) is 3.33. The summed E-state index contributed by atoms with van der Waals surface area (Å²) in [4.78, 5) is 12.2. The van der Waals surface area contributed by atoms with Crippen LogP contribution in [-0.4, -0.2) is 18.6 Å². The molecule has 138 valence electrons. The molecule has 1 aliphatic rings. The summed E-state index contributed by atoms with van der Waals surface area (Å²) in [5.74, 6) is -0.843. The average molecular weight is 371 g/mol. The Morgan fingerprint density at radius 2 is 1.73 bits per heavy atom. The number of benzene rings is 2. The largest absolute Gasteiger partial charge is 0.435 e. The highest BCUT2D eigenvalue weighted by molar-refractivity contribution is 5.96. The van der Waals surface area contributed by atoms with E-state index < -0.39 is 29.8 Å². The van der Waals surface area contributed by atoms with Gasteiger partial charge in [0.15, 0.2) is 0 Å². The van der Waals surface area contributed by atoms with Gasteiger partial charge in [0.2, 0.25) is 0 Å². The van der Waals surface area contributed by atoms with Gasteiger partial charge in [-0.1, -0.05) is 24.3 Å². The van der Waals surface area contributed by atoms with Gasteiger partial charge in [-0.3, -0.25) is 4.79 Å². The third-order valence-corrected chi connectivity index (χ3v) is 4.12. The highest BCUT2D eigenvalue weighted by atomic mass is 19.4. The fourth-order valence-electron chi connectivity index (χ4n) is 2.79. The van der Waals surface area contributed by atoms with Crippen LogP contribution >= 0.6 is 0 Å². The van der Waals surface area contributed by atoms with Crippen molar-refractivity contribution < 1.29 is 31.5 Å². The van der Waals surface area contributed by atoms with Crippen LogP contribution in [0, 0.1) is 0 Å². The van der Waals surface area contributed by atoms with E-state index in [9.17, 15) is 26.7 Å². The lowest BCUT2D eigenvalue weighted by molar-refractivity contribution is -0.137. The molecule has 2 aromatic rings. The summed E-state index contributed by atoms with van der Waals surface area (Å²) in [6, 6.07) is 10.3. The van der Waals surface area contributed by atoms with E-state index in [1.165, 1.54) is 24.3 Å². The van der Waals surface area contributed by atoms with Gasteiger partial charge in [-0.15, -0.1) is 0 Å². The number of hydrogen-bond acceptors (Lipinski definition) is 2. The number of nitrogens with one attached hydrogen (secondary N) is 1. The zero-order chi connectivity index (χ0) is 18.9. The molecule has 0 radical (unpaired) electrons. The number of carbonyl (C=O) groups excluding carboxylic acids is 1. The molecule has 2 aromatic carbocycles. The first-order valence-corrected chi connectivity index (χ1v) is 7.77. The molecule has 1 saturated carbocycles. The number of rotatable bonds is 5. The van der Waals surface area contributed by atoms with E-state index in [0.29, 0.717) is 6.42 Å². The Morgan fingerprint density at radius 3 is 2.35 bits per heavy atom. The van der Waals surface area contributed by atoms with Crippen LogP contribution in [-0.2, 0) is 6.18 Å². The minimum Gasteiger partial charge on any atom is -0.435 e. The molecule has 1 N–H and O–H groups in total. The van der Waals surface area contributed by atoms with Gasteiger partial charge in [0.25, 0.3) is 5.91 Å². The van der Waals surface area contributed by atoms with Crippen LogP contribution in [0.4, 0.5) is 22.0 Å². The van der Waals surface area contributed by atoms with Gasteiger partial charge >= 0.3 is 12.8 Å². The van der Waals surface area contributed by atoms with Crippen molar-refractivity contribution in [2.75, 3.05) is 0 Å². The molecule has 0 unspecified atom stereocenters. The number of ether oxygens (including phenoxy) is 1. The molecule has 0 bridgehead atoms. The number of hydrogen-bond donors (Lipinski definition) is 1. The van der Waals surface area contributed by atoms with Gasteiger partial charge in [0.1, 0.15) is 5.75 Å². The van der Waals surface area contributed by atoms with Gasteiger partial charge in [-0.2, -0.15) is 22.0 Å². The Morgan fingerprint density at radius 1 is 1.08 bits per heavy atom. The van der Waals surface area contributed by atoms with Crippen LogP contribution in [0.2, 0.25) is 0 Å². The van der Waals surface area contributed by atoms with Crippen LogP contribution in [0.15, 0.2) is 48.5 Å². The second kappa shape index (κ2) is 6.93. The van der Waals surface area contributed by atoms with Gasteiger partial charge < -0.3 is 10.1 Å². The van der Waals surface area contributed by atoms with Gasteiger partial charge in [-0.05, 0) is 36.2 Å². The molecule has 8 heteroatoms. The number of carbonyl (C=O) groups is 1. The second-order valence-corrected chi connectivity index (χ2v) is 5.91. The standard InChI is InChI=1S/C18H14F5NO2/c19-17(20)26-11-7-5-10(6-8-11)13-9-15(13)24-16(25)12-3-1-2-4-14(12)18(21,22)23/h1-8,13,15,17H,9H2,(H,24,25)/t13-,15-/m1/s1. The Labute approximate surface area is 145 Å². The quantitative estimate of drug-likeness (QED) is 0.781. The minimum absolute atomic E-state index is 0.0177. The molecule has 0 aromatic heterocycles. The lowest BCUT2D eigenvalue weighted by Gasteiger charge is -2.12. The third-order valence-electron chi connectivity index (χ3n) is 4.12. The second-order valence-electron chi connectivity index (χ2n) is 5.91. The van der Waals surface area contributed by atoms with Gasteiger partial charge in [0.05, 0.1) is 11.1 Å². The van der Waals surface area contributed by atoms with Crippen molar-refractivity contribution in [2.24, 2.45) is 0 Å². The Hall–Kier alpha value is -2.64. The fraction of sp³-hybridized carbons (Fsp3) is 0.278. The van der Waals surface area contributed by atoms with E-state index >= 15 is 0 Å². The molecule has 3 nitrogen and oxygen atoms in total. The maximum absolute atomic E-state index is 13.0. The molecular formula is C18H14F5NO2. The first-order valence-electron chi connectivity index (χ1n) is 7.77. The van der Waals surface area contributed by atoms with Crippen LogP contribution in [0.5, 0.6) is 5.75 Å². The lowest BCUT2D eigenvalue weighted by Crippen LogP contribution is -2.28. The third kappa shape index (κ3) is 4.12. The van der Waals surface area contributed by atoms with Gasteiger partial charge in [0, 0.05) is 12.0 Å². The SMILES string of the molecule is O=C(N[C@@H]1C[C@@H]1c1ccc(OC(F)F)cc1)c1ccccc1C(F)(F)F. The lowest BCUT2D eigenvalue weighted by atomic mass is 10.1. The minimum atomic E-state index is -4.61. The van der Waals surface area contributed by atoms with Gasteiger partial charge in [-0.25, -0.2) is 0 Å². The number of alkyl halides is 5. The van der Waals surface area contributed by atoms with Crippen molar-refractivity contribution in [1.82, 2.24) is 5.32 Å². The van der Waals surface area contributed by atoms with Crippen LogP contribution in [0.1, 0.15) is 33.8 Å². The van der Waals surface area contributed by atoms with E-state index in [4.69, 9.17) is 0 Å². The molecule has 0 heterocycles. The van der Waals surface area contributed by atoms with Crippen molar-refractivity contribution in [3.05, 3.63) is 65.2 Å². The summed E-state index contributed by atoms with van der Waals surface area (Å²) in [6.45, 7) is -2.91. The monoisotopic (exact) mass is 371 g/mol. The summed E-state index contributed by atoms with van der Waals surface area (Å²) >= 11 is 0. The van der Waals surface area contributed by atoms with E-state index in [2.05, 4.69) is 10.1 Å².